The lowest BCUT2D eigenvalue weighted by atomic mass is 10.0. The van der Waals surface area contributed by atoms with Gasteiger partial charge < -0.3 is 0 Å². The SMILES string of the molecule is Cc1ccc(/C=N/P2(=O)N(Cc3cccc4ccccc34)CCN2Cc2cccc3ccccc23)cc1. The van der Waals surface area contributed by atoms with E-state index >= 15 is 0 Å². The first-order chi connectivity index (χ1) is 18.1. The van der Waals surface area contributed by atoms with E-state index in [9.17, 15) is 4.57 Å². The lowest BCUT2D eigenvalue weighted by molar-refractivity contribution is 0.436. The molecule has 0 atom stereocenters. The van der Waals surface area contributed by atoms with Crippen molar-refractivity contribution >= 4 is 35.4 Å². The number of rotatable bonds is 6. The monoisotopic (exact) mass is 503 g/mol. The van der Waals surface area contributed by atoms with Crippen LogP contribution in [0.5, 0.6) is 0 Å². The van der Waals surface area contributed by atoms with Crippen LogP contribution in [0.4, 0.5) is 0 Å². The van der Waals surface area contributed by atoms with Crippen LogP contribution in [0.25, 0.3) is 21.5 Å². The summed E-state index contributed by atoms with van der Waals surface area (Å²) in [5.74, 6) is 0. The fourth-order valence-corrected chi connectivity index (χ4v) is 7.51. The molecule has 37 heavy (non-hydrogen) atoms. The van der Waals surface area contributed by atoms with Gasteiger partial charge in [-0.3, -0.25) is 4.57 Å². The largest absolute Gasteiger partial charge is 0.330 e. The molecule has 5 aromatic rings. The zero-order valence-corrected chi connectivity index (χ0v) is 21.9. The van der Waals surface area contributed by atoms with Gasteiger partial charge in [0.15, 0.2) is 0 Å². The lowest BCUT2D eigenvalue weighted by Gasteiger charge is -2.27. The zero-order valence-electron chi connectivity index (χ0n) is 21.0. The molecular weight excluding hydrogens is 473 g/mol. The summed E-state index contributed by atoms with van der Waals surface area (Å²) in [6.45, 7) is 4.66. The second kappa shape index (κ2) is 10.1. The van der Waals surface area contributed by atoms with E-state index in [1.165, 1.54) is 38.2 Å². The molecule has 0 amide bonds. The van der Waals surface area contributed by atoms with Crippen LogP contribution in [0.15, 0.2) is 114 Å². The van der Waals surface area contributed by atoms with Gasteiger partial charge in [-0.1, -0.05) is 115 Å². The van der Waals surface area contributed by atoms with Gasteiger partial charge >= 0.3 is 7.59 Å². The van der Waals surface area contributed by atoms with Gasteiger partial charge in [-0.2, -0.15) is 0 Å². The van der Waals surface area contributed by atoms with Crippen molar-refractivity contribution in [1.82, 2.24) is 9.34 Å². The molecule has 1 saturated heterocycles. The van der Waals surface area contributed by atoms with E-state index < -0.39 is 7.59 Å². The molecular formula is C32H30N3OP. The summed E-state index contributed by atoms with van der Waals surface area (Å²) in [7, 11) is -3.22. The predicted molar refractivity (Wildman–Crippen MR) is 155 cm³/mol. The van der Waals surface area contributed by atoms with Crippen molar-refractivity contribution in [2.75, 3.05) is 13.1 Å². The molecule has 1 aliphatic heterocycles. The minimum Gasteiger partial charge on any atom is -0.262 e. The number of fused-ring (bicyclic) bond motifs is 2. The first kappa shape index (κ1) is 23.8. The van der Waals surface area contributed by atoms with Crippen LogP contribution in [0.3, 0.4) is 0 Å². The molecule has 5 heteroatoms. The summed E-state index contributed by atoms with van der Waals surface area (Å²) >= 11 is 0. The third kappa shape index (κ3) is 4.76. The van der Waals surface area contributed by atoms with Gasteiger partial charge in [-0.05, 0) is 45.2 Å². The average molecular weight is 504 g/mol. The van der Waals surface area contributed by atoms with Crippen molar-refractivity contribution in [1.29, 1.82) is 0 Å². The van der Waals surface area contributed by atoms with Crippen molar-refractivity contribution in [2.45, 2.75) is 20.0 Å². The lowest BCUT2D eigenvalue weighted by Crippen LogP contribution is -2.18. The highest BCUT2D eigenvalue weighted by Gasteiger charge is 2.42. The van der Waals surface area contributed by atoms with E-state index in [0.29, 0.717) is 26.2 Å². The maximum atomic E-state index is 14.9. The van der Waals surface area contributed by atoms with Crippen molar-refractivity contribution in [3.63, 3.8) is 0 Å². The second-order valence-electron chi connectivity index (χ2n) is 9.72. The maximum absolute atomic E-state index is 14.9. The van der Waals surface area contributed by atoms with E-state index in [4.69, 9.17) is 4.76 Å². The number of aryl methyl sites for hydroxylation is 1. The van der Waals surface area contributed by atoms with E-state index in [-0.39, 0.29) is 0 Å². The van der Waals surface area contributed by atoms with Crippen LogP contribution in [-0.2, 0) is 17.7 Å². The van der Waals surface area contributed by atoms with Gasteiger partial charge in [0.05, 0.1) is 0 Å². The molecule has 0 bridgehead atoms. The van der Waals surface area contributed by atoms with Crippen LogP contribution >= 0.6 is 7.59 Å². The Balaban J connectivity index is 1.37. The Morgan fingerprint density at radius 1 is 0.676 bits per heavy atom. The van der Waals surface area contributed by atoms with Crippen molar-refractivity contribution in [3.8, 4) is 0 Å². The normalized spacial score (nSPS) is 16.2. The van der Waals surface area contributed by atoms with Crippen LogP contribution in [-0.4, -0.2) is 28.6 Å². The zero-order chi connectivity index (χ0) is 25.2. The van der Waals surface area contributed by atoms with Crippen LogP contribution in [0.1, 0.15) is 22.3 Å². The first-order valence-corrected chi connectivity index (χ1v) is 14.3. The molecule has 0 aliphatic carbocycles. The van der Waals surface area contributed by atoms with E-state index in [0.717, 1.165) is 5.56 Å². The molecule has 0 unspecified atom stereocenters. The predicted octanol–water partition coefficient (Wildman–Crippen LogP) is 7.85. The van der Waals surface area contributed by atoms with Gasteiger partial charge in [0.25, 0.3) is 0 Å². The Bertz CT molecular complexity index is 1540. The molecule has 1 fully saturated rings. The summed E-state index contributed by atoms with van der Waals surface area (Å²) in [4.78, 5) is 0. The fourth-order valence-electron chi connectivity index (χ4n) is 5.21. The molecule has 0 spiro atoms. The minimum atomic E-state index is -3.22. The molecule has 6 rings (SSSR count). The summed E-state index contributed by atoms with van der Waals surface area (Å²) in [6, 6.07) is 37.7. The summed E-state index contributed by atoms with van der Waals surface area (Å²) in [5, 5.41) is 4.80. The van der Waals surface area contributed by atoms with Gasteiger partial charge in [0.2, 0.25) is 0 Å². The molecule has 5 aromatic carbocycles. The smallest absolute Gasteiger partial charge is 0.262 e. The fraction of sp³-hybridized carbons (Fsp3) is 0.156. The van der Waals surface area contributed by atoms with Gasteiger partial charge in [0.1, 0.15) is 0 Å². The molecule has 0 radical (unpaired) electrons. The van der Waals surface area contributed by atoms with Crippen LogP contribution < -0.4 is 0 Å². The second-order valence-corrected chi connectivity index (χ2v) is 12.1. The van der Waals surface area contributed by atoms with Crippen molar-refractivity contribution in [2.24, 2.45) is 4.76 Å². The number of benzene rings is 5. The van der Waals surface area contributed by atoms with E-state index in [1.807, 2.05) is 12.1 Å². The Morgan fingerprint density at radius 2 is 1.16 bits per heavy atom. The third-order valence-corrected chi connectivity index (χ3v) is 9.83. The highest BCUT2D eigenvalue weighted by molar-refractivity contribution is 7.58. The molecule has 1 aliphatic rings. The highest BCUT2D eigenvalue weighted by atomic mass is 31.2. The number of hydrogen-bond acceptors (Lipinski definition) is 1. The highest BCUT2D eigenvalue weighted by Crippen LogP contribution is 2.59. The van der Waals surface area contributed by atoms with E-state index in [1.54, 1.807) is 6.21 Å². The van der Waals surface area contributed by atoms with Crippen molar-refractivity contribution < 1.29 is 4.57 Å². The van der Waals surface area contributed by atoms with Gasteiger partial charge in [0, 0.05) is 32.4 Å². The van der Waals surface area contributed by atoms with E-state index in [2.05, 4.69) is 113 Å². The third-order valence-electron chi connectivity index (χ3n) is 7.25. The van der Waals surface area contributed by atoms with Crippen LogP contribution in [0, 0.1) is 6.92 Å². The number of nitrogens with zero attached hydrogens (tertiary/aromatic N) is 3. The Kier molecular flexibility index (Phi) is 6.48. The van der Waals surface area contributed by atoms with Gasteiger partial charge in [-0.15, -0.1) is 0 Å². The Morgan fingerprint density at radius 3 is 1.70 bits per heavy atom. The van der Waals surface area contributed by atoms with Crippen LogP contribution in [0.2, 0.25) is 0 Å². The standard InChI is InChI=1S/C32H30N3OP/c1-25-16-18-26(19-17-25)22-33-37(36)34(23-29-12-6-10-27-8-2-4-14-31(27)29)20-21-35(37)24-30-13-7-11-28-9-3-5-15-32(28)30/h2-19,22H,20-21,23-24H2,1H3/b33-22+. The molecule has 0 N–H and O–H groups in total. The summed E-state index contributed by atoms with van der Waals surface area (Å²) in [6.07, 6.45) is 1.79. The number of hydrogen-bond donors (Lipinski definition) is 0. The Labute approximate surface area is 218 Å². The molecule has 4 nitrogen and oxygen atoms in total. The van der Waals surface area contributed by atoms with Gasteiger partial charge in [-0.25, -0.2) is 14.1 Å². The molecule has 184 valence electrons. The average Bonchev–Trinajstić information content (AvgIpc) is 3.23. The first-order valence-electron chi connectivity index (χ1n) is 12.8. The quantitative estimate of drug-likeness (QED) is 0.175. The molecule has 1 heterocycles. The molecule has 0 aromatic heterocycles. The minimum absolute atomic E-state index is 0.593. The summed E-state index contributed by atoms with van der Waals surface area (Å²) < 4.78 is 23.9. The topological polar surface area (TPSA) is 35.9 Å². The summed E-state index contributed by atoms with van der Waals surface area (Å²) in [5.41, 5.74) is 4.51. The van der Waals surface area contributed by atoms with Crippen molar-refractivity contribution in [3.05, 3.63) is 131 Å². The molecule has 0 saturated carbocycles. The Hall–Kier alpha value is -3.56. The maximum Gasteiger partial charge on any atom is 0.330 e.